The Labute approximate surface area is 211 Å². The van der Waals surface area contributed by atoms with Crippen LogP contribution in [0.15, 0.2) is 78.9 Å². The fourth-order valence-corrected chi connectivity index (χ4v) is 4.03. The van der Waals surface area contributed by atoms with Gasteiger partial charge in [0.05, 0.1) is 12.1 Å². The molecule has 3 aromatic carbocycles. The molecule has 10 heteroatoms. The minimum Gasteiger partial charge on any atom is -0.326 e. The molecule has 2 N–H and O–H groups in total. The number of rotatable bonds is 6. The van der Waals surface area contributed by atoms with Crippen LogP contribution < -0.4 is 15.6 Å². The third-order valence-corrected chi connectivity index (χ3v) is 5.95. The predicted octanol–water partition coefficient (Wildman–Crippen LogP) is 4.67. The molecule has 0 spiro atoms. The molecule has 1 aliphatic heterocycles. The van der Waals surface area contributed by atoms with Crippen LogP contribution in [0.2, 0.25) is 10.0 Å². The molecule has 1 unspecified atom stereocenters. The highest BCUT2D eigenvalue weighted by molar-refractivity contribution is 7.80. The highest BCUT2D eigenvalue weighted by Gasteiger charge is 2.45. The zero-order valence-electron chi connectivity index (χ0n) is 17.6. The molecule has 4 rings (SSSR count). The number of hydrogen-bond acceptors (Lipinski definition) is 4. The van der Waals surface area contributed by atoms with E-state index in [4.69, 9.17) is 35.4 Å². The van der Waals surface area contributed by atoms with E-state index in [-0.39, 0.29) is 11.5 Å². The molecule has 172 valence electrons. The van der Waals surface area contributed by atoms with Crippen LogP contribution in [0, 0.1) is 0 Å². The van der Waals surface area contributed by atoms with Gasteiger partial charge >= 0.3 is 0 Å². The van der Waals surface area contributed by atoms with E-state index in [2.05, 4.69) is 10.7 Å². The van der Waals surface area contributed by atoms with Crippen molar-refractivity contribution in [2.45, 2.75) is 12.5 Å². The highest BCUT2D eigenvalue weighted by Crippen LogP contribution is 2.27. The van der Waals surface area contributed by atoms with Crippen LogP contribution >= 0.6 is 35.4 Å². The summed E-state index contributed by atoms with van der Waals surface area (Å²) in [6, 6.07) is 20.6. The van der Waals surface area contributed by atoms with Crippen LogP contribution in [-0.2, 0) is 9.59 Å². The molecule has 1 saturated heterocycles. The van der Waals surface area contributed by atoms with Crippen LogP contribution in [0.4, 0.5) is 11.4 Å². The number of thiocarbonyl (C=S) groups is 1. The second-order valence-electron chi connectivity index (χ2n) is 7.38. The molecule has 34 heavy (non-hydrogen) atoms. The van der Waals surface area contributed by atoms with Crippen LogP contribution in [0.25, 0.3) is 0 Å². The van der Waals surface area contributed by atoms with Crippen LogP contribution in [0.5, 0.6) is 0 Å². The maximum absolute atomic E-state index is 13.4. The summed E-state index contributed by atoms with van der Waals surface area (Å²) in [6.45, 7) is 0. The lowest BCUT2D eigenvalue weighted by molar-refractivity contribution is -0.124. The van der Waals surface area contributed by atoms with Crippen molar-refractivity contribution in [3.8, 4) is 0 Å². The molecule has 1 aliphatic rings. The Morgan fingerprint density at radius 2 is 1.47 bits per heavy atom. The first-order chi connectivity index (χ1) is 16.3. The van der Waals surface area contributed by atoms with E-state index >= 15 is 0 Å². The first-order valence-corrected chi connectivity index (χ1v) is 11.3. The van der Waals surface area contributed by atoms with E-state index in [1.807, 2.05) is 0 Å². The Morgan fingerprint density at radius 3 is 2.09 bits per heavy atom. The molecule has 3 aromatic rings. The minimum atomic E-state index is -1.05. The van der Waals surface area contributed by atoms with E-state index < -0.39 is 23.8 Å². The molecule has 0 aromatic heterocycles. The lowest BCUT2D eigenvalue weighted by Crippen LogP contribution is -2.49. The Hall–Kier alpha value is -3.46. The van der Waals surface area contributed by atoms with Crippen molar-refractivity contribution in [2.75, 3.05) is 10.2 Å². The van der Waals surface area contributed by atoms with E-state index in [1.165, 1.54) is 9.91 Å². The van der Waals surface area contributed by atoms with Crippen molar-refractivity contribution < 1.29 is 14.4 Å². The SMILES string of the molecule is O=C(CC1C(=O)N(c2ccc(Cl)cc2)C(=S)N1NC(=O)c1ccccc1)Nc1ccc(Cl)cc1. The molecule has 7 nitrogen and oxygen atoms in total. The Bertz CT molecular complexity index is 1240. The summed E-state index contributed by atoms with van der Waals surface area (Å²) in [5, 5.41) is 5.05. The van der Waals surface area contributed by atoms with Gasteiger partial charge in [0.2, 0.25) is 11.0 Å². The lowest BCUT2D eigenvalue weighted by Gasteiger charge is -2.24. The fourth-order valence-electron chi connectivity index (χ4n) is 3.41. The topological polar surface area (TPSA) is 81.8 Å². The van der Waals surface area contributed by atoms with Gasteiger partial charge in [-0.3, -0.25) is 24.7 Å². The average Bonchev–Trinajstić information content (AvgIpc) is 3.05. The number of hydrazine groups is 1. The summed E-state index contributed by atoms with van der Waals surface area (Å²) in [7, 11) is 0. The summed E-state index contributed by atoms with van der Waals surface area (Å²) >= 11 is 17.4. The standard InChI is InChI=1S/C24H18Cl2N4O3S/c25-16-6-10-18(11-7-16)27-21(31)14-20-23(33)29(19-12-8-17(26)9-13-19)24(34)30(20)28-22(32)15-4-2-1-3-5-15/h1-13,20H,14H2,(H,27,31)(H,28,32). The van der Waals surface area contributed by atoms with Gasteiger partial charge in [-0.15, -0.1) is 0 Å². The smallest absolute Gasteiger partial charge is 0.269 e. The van der Waals surface area contributed by atoms with Gasteiger partial charge < -0.3 is 5.32 Å². The van der Waals surface area contributed by atoms with Gasteiger partial charge in [0, 0.05) is 21.3 Å². The molecule has 0 aliphatic carbocycles. The number of halogens is 2. The Balaban J connectivity index is 1.59. The second-order valence-corrected chi connectivity index (χ2v) is 8.62. The first-order valence-electron chi connectivity index (χ1n) is 10.2. The van der Waals surface area contributed by atoms with Crippen molar-refractivity contribution in [1.29, 1.82) is 0 Å². The van der Waals surface area contributed by atoms with Crippen molar-refractivity contribution in [3.05, 3.63) is 94.5 Å². The molecule has 0 bridgehead atoms. The number of nitrogens with one attached hydrogen (secondary N) is 2. The summed E-state index contributed by atoms with van der Waals surface area (Å²) in [5.41, 5.74) is 4.06. The zero-order chi connectivity index (χ0) is 24.2. The normalized spacial score (nSPS) is 15.4. The Kier molecular flexibility index (Phi) is 7.12. The van der Waals surface area contributed by atoms with Gasteiger partial charge in [-0.25, -0.2) is 5.01 Å². The number of amides is 3. The molecule has 1 atom stereocenters. The predicted molar refractivity (Wildman–Crippen MR) is 136 cm³/mol. The van der Waals surface area contributed by atoms with Crippen LogP contribution in [0.3, 0.4) is 0 Å². The minimum absolute atomic E-state index is 0.0425. The third-order valence-electron chi connectivity index (χ3n) is 5.06. The number of benzene rings is 3. The Morgan fingerprint density at radius 1 is 0.882 bits per heavy atom. The summed E-state index contributed by atoms with van der Waals surface area (Å²) in [6.07, 6.45) is -0.249. The molecule has 0 saturated carbocycles. The number of carbonyl (C=O) groups is 3. The summed E-state index contributed by atoms with van der Waals surface area (Å²) < 4.78 is 0. The van der Waals surface area contributed by atoms with E-state index in [0.717, 1.165) is 0 Å². The van der Waals surface area contributed by atoms with Gasteiger partial charge in [-0.1, -0.05) is 41.4 Å². The molecule has 1 fully saturated rings. The van der Waals surface area contributed by atoms with Crippen molar-refractivity contribution in [2.24, 2.45) is 0 Å². The number of carbonyl (C=O) groups excluding carboxylic acids is 3. The second kappa shape index (κ2) is 10.2. The lowest BCUT2D eigenvalue weighted by atomic mass is 10.1. The maximum Gasteiger partial charge on any atom is 0.269 e. The van der Waals surface area contributed by atoms with Gasteiger partial charge in [-0.2, -0.15) is 0 Å². The van der Waals surface area contributed by atoms with Crippen LogP contribution in [-0.4, -0.2) is 33.9 Å². The zero-order valence-corrected chi connectivity index (χ0v) is 19.9. The molecular weight excluding hydrogens is 495 g/mol. The molecule has 1 heterocycles. The first kappa shape index (κ1) is 23.7. The number of nitrogens with zero attached hydrogens (tertiary/aromatic N) is 2. The summed E-state index contributed by atoms with van der Waals surface area (Å²) in [5.74, 6) is -1.34. The largest absolute Gasteiger partial charge is 0.326 e. The number of hydrogen-bond donors (Lipinski definition) is 2. The average molecular weight is 513 g/mol. The fraction of sp³-hybridized carbons (Fsp3) is 0.0833. The third kappa shape index (κ3) is 5.20. The monoisotopic (exact) mass is 512 g/mol. The van der Waals surface area contributed by atoms with Crippen molar-refractivity contribution in [3.63, 3.8) is 0 Å². The highest BCUT2D eigenvalue weighted by atomic mass is 35.5. The molecular formula is C24H18Cl2N4O3S. The molecule has 0 radical (unpaired) electrons. The maximum atomic E-state index is 13.4. The molecule has 3 amide bonds. The van der Waals surface area contributed by atoms with E-state index in [0.29, 0.717) is 27.0 Å². The van der Waals surface area contributed by atoms with Gasteiger partial charge in [-0.05, 0) is 72.9 Å². The van der Waals surface area contributed by atoms with E-state index in [1.54, 1.807) is 78.9 Å². The number of anilines is 2. The van der Waals surface area contributed by atoms with Gasteiger partial charge in [0.1, 0.15) is 6.04 Å². The van der Waals surface area contributed by atoms with E-state index in [9.17, 15) is 14.4 Å². The summed E-state index contributed by atoms with van der Waals surface area (Å²) in [4.78, 5) is 40.3. The van der Waals surface area contributed by atoms with Crippen molar-refractivity contribution >= 4 is 69.6 Å². The van der Waals surface area contributed by atoms with Crippen molar-refractivity contribution in [1.82, 2.24) is 10.4 Å². The van der Waals surface area contributed by atoms with Crippen LogP contribution in [0.1, 0.15) is 16.8 Å². The van der Waals surface area contributed by atoms with Gasteiger partial charge in [0.25, 0.3) is 11.8 Å². The quantitative estimate of drug-likeness (QED) is 0.469. The van der Waals surface area contributed by atoms with Gasteiger partial charge in [0.15, 0.2) is 0 Å².